The van der Waals surface area contributed by atoms with Crippen LogP contribution >= 0.6 is 0 Å². The van der Waals surface area contributed by atoms with Crippen molar-refractivity contribution < 1.29 is 0 Å². The number of benzene rings is 4. The molecule has 1 saturated carbocycles. The minimum atomic E-state index is 0.239. The van der Waals surface area contributed by atoms with E-state index in [-0.39, 0.29) is 5.31 Å². The molecule has 172 valence electrons. The lowest BCUT2D eigenvalue weighted by molar-refractivity contribution is 0.400. The van der Waals surface area contributed by atoms with Crippen LogP contribution in [0.4, 0.5) is 0 Å². The van der Waals surface area contributed by atoms with Gasteiger partial charge in [-0.2, -0.15) is 0 Å². The monoisotopic (exact) mass is 462 g/mol. The molecule has 4 aromatic carbocycles. The minimum absolute atomic E-state index is 0.239. The normalized spacial score (nSPS) is 16.1. The lowest BCUT2D eigenvalue weighted by Crippen LogP contribution is -2.29. The Morgan fingerprint density at radius 2 is 1.44 bits per heavy atom. The fourth-order valence-corrected chi connectivity index (χ4v) is 7.09. The van der Waals surface area contributed by atoms with Crippen LogP contribution in [-0.2, 0) is 5.31 Å². The molecule has 36 heavy (non-hydrogen) atoms. The quantitative estimate of drug-likeness (QED) is 0.239. The highest BCUT2D eigenvalue weighted by Crippen LogP contribution is 2.47. The predicted octanol–water partition coefficient (Wildman–Crippen LogP) is 7.84. The lowest BCUT2D eigenvalue weighted by Gasteiger charge is -2.35. The van der Waals surface area contributed by atoms with Gasteiger partial charge in [0.05, 0.1) is 22.2 Å². The van der Waals surface area contributed by atoms with E-state index in [1.165, 1.54) is 92.1 Å². The Balaban J connectivity index is 1.53. The Labute approximate surface area is 211 Å². The Morgan fingerprint density at radius 3 is 2.33 bits per heavy atom. The molecule has 0 atom stereocenters. The third-order valence-electron chi connectivity index (χ3n) is 8.88. The zero-order chi connectivity index (χ0) is 23.9. The summed E-state index contributed by atoms with van der Waals surface area (Å²) >= 11 is 0. The smallest absolute Gasteiger partial charge is 0.115 e. The highest BCUT2D eigenvalue weighted by Gasteiger charge is 2.33. The van der Waals surface area contributed by atoms with Crippen molar-refractivity contribution in [1.82, 2.24) is 9.38 Å². The van der Waals surface area contributed by atoms with Crippen molar-refractivity contribution in [3.63, 3.8) is 0 Å². The molecule has 7 aromatic rings. The molecule has 0 N–H and O–H groups in total. The minimum Gasteiger partial charge on any atom is -0.307 e. The van der Waals surface area contributed by atoms with Crippen LogP contribution in [0, 0.1) is 0 Å². The van der Waals surface area contributed by atoms with Gasteiger partial charge in [-0.15, -0.1) is 0 Å². The van der Waals surface area contributed by atoms with Crippen molar-refractivity contribution in [3.8, 4) is 11.3 Å². The van der Waals surface area contributed by atoms with Crippen LogP contribution in [-0.4, -0.2) is 17.2 Å². The van der Waals surface area contributed by atoms with Gasteiger partial charge in [-0.25, -0.2) is 0 Å². The van der Waals surface area contributed by atoms with Gasteiger partial charge in [0.25, 0.3) is 0 Å². The van der Waals surface area contributed by atoms with E-state index in [0.29, 0.717) is 0 Å². The maximum Gasteiger partial charge on any atom is 0.115 e. The molecule has 3 heterocycles. The molecule has 0 spiro atoms. The summed E-state index contributed by atoms with van der Waals surface area (Å²) in [5.74, 6) is 0. The molecule has 3 heteroatoms. The lowest BCUT2D eigenvalue weighted by atomic mass is 9.56. The van der Waals surface area contributed by atoms with Gasteiger partial charge in [-0.3, -0.25) is 4.98 Å². The van der Waals surface area contributed by atoms with Crippen LogP contribution in [0.5, 0.6) is 0 Å². The summed E-state index contributed by atoms with van der Waals surface area (Å²) in [5, 5.41) is 8.14. The number of para-hydroxylation sites is 2. The van der Waals surface area contributed by atoms with E-state index in [9.17, 15) is 0 Å². The number of nitrogens with zero attached hydrogens (tertiary/aromatic N) is 2. The molecule has 0 unspecified atom stereocenters. The molecular formula is C33H27BN2. The zero-order valence-corrected chi connectivity index (χ0v) is 20.6. The maximum absolute atomic E-state index is 4.93. The fraction of sp³-hybridized carbons (Fsp3) is 0.182. The first-order valence-corrected chi connectivity index (χ1v) is 13.3. The number of hydrogen-bond acceptors (Lipinski definition) is 1. The van der Waals surface area contributed by atoms with Gasteiger partial charge in [-0.05, 0) is 28.4 Å². The first-order chi connectivity index (χ1) is 17.7. The number of aromatic nitrogens is 2. The first kappa shape index (κ1) is 20.4. The summed E-state index contributed by atoms with van der Waals surface area (Å²) in [7, 11) is 2.50. The molecule has 2 nitrogen and oxygen atoms in total. The van der Waals surface area contributed by atoms with Gasteiger partial charge in [0.15, 0.2) is 0 Å². The molecule has 1 aliphatic carbocycles. The summed E-state index contributed by atoms with van der Waals surface area (Å²) in [6.07, 6.45) is 8.59. The first-order valence-electron chi connectivity index (χ1n) is 13.3. The largest absolute Gasteiger partial charge is 0.307 e. The molecular weight excluding hydrogens is 435 g/mol. The second-order valence-corrected chi connectivity index (χ2v) is 11.0. The Hall–Kier alpha value is -3.85. The SMILES string of the molecule is BC1(c2ccc3c4cccc(-c5cc6ccccc6cn5)c4n4c5ccccc5c2c34)CCCCC1. The van der Waals surface area contributed by atoms with Crippen LogP contribution in [0.25, 0.3) is 60.1 Å². The Bertz CT molecular complexity index is 1940. The van der Waals surface area contributed by atoms with Gasteiger partial charge in [0.2, 0.25) is 0 Å². The summed E-state index contributed by atoms with van der Waals surface area (Å²) in [6, 6.07) is 31.3. The second kappa shape index (κ2) is 7.33. The fourth-order valence-electron chi connectivity index (χ4n) is 7.09. The molecule has 1 aliphatic rings. The molecule has 0 aliphatic heterocycles. The molecule has 0 amide bonds. The molecule has 0 bridgehead atoms. The van der Waals surface area contributed by atoms with E-state index in [2.05, 4.69) is 97.2 Å². The van der Waals surface area contributed by atoms with E-state index in [1.807, 2.05) is 6.20 Å². The van der Waals surface area contributed by atoms with Crippen molar-refractivity contribution in [2.24, 2.45) is 0 Å². The highest BCUT2D eigenvalue weighted by atomic mass is 14.9. The summed E-state index contributed by atoms with van der Waals surface area (Å²) < 4.78 is 2.54. The van der Waals surface area contributed by atoms with Crippen LogP contribution in [0.3, 0.4) is 0 Å². The molecule has 8 rings (SSSR count). The highest BCUT2D eigenvalue weighted by molar-refractivity contribution is 6.28. The standard InChI is InChI=1S/C33H27BN2/c34-33(17-6-1-7-18-33)27-16-15-24-23-12-8-13-25(28-19-21-9-2-3-10-22(21)20-35-28)31(23)36-29-14-5-4-11-26(29)30(27)32(24)36/h2-5,8-16,19-20H,1,6-7,17-18,34H2. The van der Waals surface area contributed by atoms with Crippen LogP contribution in [0.15, 0.2) is 91.1 Å². The summed E-state index contributed by atoms with van der Waals surface area (Å²) in [6.45, 7) is 0. The van der Waals surface area contributed by atoms with Gasteiger partial charge in [0.1, 0.15) is 7.85 Å². The van der Waals surface area contributed by atoms with E-state index in [1.54, 1.807) is 0 Å². The van der Waals surface area contributed by atoms with Gasteiger partial charge >= 0.3 is 0 Å². The van der Waals surface area contributed by atoms with Crippen LogP contribution in [0.1, 0.15) is 37.7 Å². The second-order valence-electron chi connectivity index (χ2n) is 11.0. The summed E-state index contributed by atoms with van der Waals surface area (Å²) in [4.78, 5) is 4.93. The van der Waals surface area contributed by atoms with Crippen LogP contribution in [0.2, 0.25) is 0 Å². The van der Waals surface area contributed by atoms with E-state index in [4.69, 9.17) is 4.98 Å². The van der Waals surface area contributed by atoms with E-state index < -0.39 is 0 Å². The zero-order valence-electron chi connectivity index (χ0n) is 20.6. The molecule has 1 fully saturated rings. The third kappa shape index (κ3) is 2.66. The predicted molar refractivity (Wildman–Crippen MR) is 155 cm³/mol. The maximum atomic E-state index is 4.93. The van der Waals surface area contributed by atoms with Crippen molar-refractivity contribution >= 4 is 56.7 Å². The number of hydrogen-bond donors (Lipinski definition) is 0. The van der Waals surface area contributed by atoms with Crippen molar-refractivity contribution in [3.05, 3.63) is 96.7 Å². The molecule has 0 saturated heterocycles. The van der Waals surface area contributed by atoms with Gasteiger partial charge < -0.3 is 4.40 Å². The van der Waals surface area contributed by atoms with Crippen molar-refractivity contribution in [2.75, 3.05) is 0 Å². The Kier molecular flexibility index (Phi) is 4.15. The third-order valence-corrected chi connectivity index (χ3v) is 8.88. The van der Waals surface area contributed by atoms with E-state index in [0.717, 1.165) is 5.69 Å². The number of rotatable bonds is 2. The van der Waals surface area contributed by atoms with E-state index >= 15 is 0 Å². The topological polar surface area (TPSA) is 17.3 Å². The summed E-state index contributed by atoms with van der Waals surface area (Å²) in [5.41, 5.74) is 7.71. The number of pyridine rings is 1. The molecule has 3 aromatic heterocycles. The average Bonchev–Trinajstić information content (AvgIpc) is 3.45. The Morgan fingerprint density at radius 1 is 0.694 bits per heavy atom. The number of fused-ring (bicyclic) bond motifs is 7. The average molecular weight is 462 g/mol. The van der Waals surface area contributed by atoms with Crippen molar-refractivity contribution in [1.29, 1.82) is 0 Å². The van der Waals surface area contributed by atoms with Crippen LogP contribution < -0.4 is 0 Å². The molecule has 0 radical (unpaired) electrons. The van der Waals surface area contributed by atoms with Gasteiger partial charge in [-0.1, -0.05) is 105 Å². The van der Waals surface area contributed by atoms with Gasteiger partial charge in [0, 0.05) is 38.7 Å². The van der Waals surface area contributed by atoms with Crippen molar-refractivity contribution in [2.45, 2.75) is 37.4 Å².